The van der Waals surface area contributed by atoms with Gasteiger partial charge in [0, 0.05) is 18.2 Å². The Morgan fingerprint density at radius 3 is 2.40 bits per heavy atom. The number of aromatic nitrogens is 2. The van der Waals surface area contributed by atoms with Crippen LogP contribution in [0.25, 0.3) is 11.0 Å². The summed E-state index contributed by atoms with van der Waals surface area (Å²) in [7, 11) is -2.10. The third-order valence-electron chi connectivity index (χ3n) is 7.10. The van der Waals surface area contributed by atoms with E-state index in [4.69, 9.17) is 0 Å². The Balaban J connectivity index is 1.47. The van der Waals surface area contributed by atoms with E-state index in [-0.39, 0.29) is 45.0 Å². The van der Waals surface area contributed by atoms with E-state index in [1.54, 1.807) is 0 Å². The van der Waals surface area contributed by atoms with Crippen LogP contribution in [-0.4, -0.2) is 48.9 Å². The first-order valence-corrected chi connectivity index (χ1v) is 15.1. The van der Waals surface area contributed by atoms with E-state index in [9.17, 15) is 40.0 Å². The van der Waals surface area contributed by atoms with Gasteiger partial charge in [-0.25, -0.2) is 13.4 Å². The summed E-state index contributed by atoms with van der Waals surface area (Å²) in [6, 6.07) is 12.2. The topological polar surface area (TPSA) is 129 Å². The first-order chi connectivity index (χ1) is 21.1. The molecule has 0 unspecified atom stereocenters. The Hall–Kier alpha value is -4.73. The van der Waals surface area contributed by atoms with Crippen LogP contribution >= 0.6 is 0 Å². The van der Waals surface area contributed by atoms with Crippen LogP contribution in [0.15, 0.2) is 65.6 Å². The minimum Gasteiger partial charge on any atom is -0.395 e. The molecule has 3 aromatic carbocycles. The van der Waals surface area contributed by atoms with Crippen molar-refractivity contribution in [3.05, 3.63) is 83.2 Å². The molecule has 2 heterocycles. The third kappa shape index (κ3) is 6.55. The van der Waals surface area contributed by atoms with Gasteiger partial charge in [-0.2, -0.15) is 13.2 Å². The first kappa shape index (κ1) is 31.7. The number of nitrogens with zero attached hydrogens (tertiary/aromatic N) is 2. The standard InChI is InChI=1S/C29H25F5N4O6S/c1-3-45(41,42)19-10-7-16(8-11-19)20(14-24(39)35-2)36-26(40)17-9-12-22-21(13-17)37-27(28(30,31)32)38(22)15-18-5-4-6-23-25(18)44-29(33,34)43-23/h4-13,20H,3,14-15H2,1-2H3,(H,35,39)(H,36,40)/t20-/m0/s1. The highest BCUT2D eigenvalue weighted by molar-refractivity contribution is 7.91. The van der Waals surface area contributed by atoms with Gasteiger partial charge in [-0.15, -0.1) is 8.78 Å². The molecule has 0 aliphatic carbocycles. The minimum atomic E-state index is -4.95. The van der Waals surface area contributed by atoms with Crippen LogP contribution in [0.3, 0.4) is 0 Å². The lowest BCUT2D eigenvalue weighted by Gasteiger charge is -2.19. The number of nitrogens with one attached hydrogen (secondary N) is 2. The maximum atomic E-state index is 14.1. The van der Waals surface area contributed by atoms with Crippen LogP contribution in [-0.2, 0) is 27.4 Å². The number of alkyl halides is 5. The van der Waals surface area contributed by atoms with Crippen LogP contribution in [0, 0.1) is 0 Å². The van der Waals surface area contributed by atoms with Crippen molar-refractivity contribution in [3.63, 3.8) is 0 Å². The van der Waals surface area contributed by atoms with Crippen LogP contribution in [0.5, 0.6) is 11.5 Å². The van der Waals surface area contributed by atoms with E-state index in [1.807, 2.05) is 0 Å². The number of para-hydroxylation sites is 1. The average molecular weight is 653 g/mol. The number of hydrogen-bond donors (Lipinski definition) is 2. The second-order valence-corrected chi connectivity index (χ2v) is 12.3. The highest BCUT2D eigenvalue weighted by Crippen LogP contribution is 2.44. The van der Waals surface area contributed by atoms with Gasteiger partial charge in [-0.1, -0.05) is 31.2 Å². The van der Waals surface area contributed by atoms with Gasteiger partial charge in [0.05, 0.1) is 40.7 Å². The van der Waals surface area contributed by atoms with Crippen molar-refractivity contribution < 1.29 is 49.4 Å². The Bertz CT molecular complexity index is 1890. The number of carbonyl (C=O) groups excluding carboxylic acids is 2. The molecule has 1 aliphatic heterocycles. The third-order valence-corrected chi connectivity index (χ3v) is 8.85. The summed E-state index contributed by atoms with van der Waals surface area (Å²) in [5, 5.41) is 5.12. The number of rotatable bonds is 9. The molecule has 45 heavy (non-hydrogen) atoms. The molecule has 2 amide bonds. The van der Waals surface area contributed by atoms with Crippen LogP contribution in [0.2, 0.25) is 0 Å². The molecule has 1 atom stereocenters. The number of sulfone groups is 1. The van der Waals surface area contributed by atoms with Gasteiger partial charge in [0.15, 0.2) is 21.3 Å². The average Bonchev–Trinajstić information content (AvgIpc) is 3.52. The van der Waals surface area contributed by atoms with Crippen LogP contribution in [0.4, 0.5) is 22.0 Å². The van der Waals surface area contributed by atoms with Gasteiger partial charge in [-0.05, 0) is 42.0 Å². The SMILES string of the molecule is CCS(=O)(=O)c1ccc([C@H](CC(=O)NC)NC(=O)c2ccc3c(c2)nc(C(F)(F)F)n3Cc2cccc3c2OC(F)(F)O3)cc1. The number of carbonyl (C=O) groups is 2. The fourth-order valence-electron chi connectivity index (χ4n) is 4.82. The summed E-state index contributed by atoms with van der Waals surface area (Å²) < 4.78 is 104. The summed E-state index contributed by atoms with van der Waals surface area (Å²) >= 11 is 0. The number of halogens is 5. The number of hydrogen-bond acceptors (Lipinski definition) is 7. The van der Waals surface area contributed by atoms with E-state index >= 15 is 0 Å². The molecule has 0 saturated carbocycles. The van der Waals surface area contributed by atoms with E-state index < -0.39 is 58.3 Å². The molecule has 4 aromatic rings. The van der Waals surface area contributed by atoms with Gasteiger partial charge < -0.3 is 24.7 Å². The first-order valence-electron chi connectivity index (χ1n) is 13.4. The number of amides is 2. The van der Waals surface area contributed by atoms with Gasteiger partial charge in [0.25, 0.3) is 5.91 Å². The van der Waals surface area contributed by atoms with Gasteiger partial charge in [0.2, 0.25) is 11.7 Å². The van der Waals surface area contributed by atoms with E-state index in [2.05, 4.69) is 25.1 Å². The molecule has 0 radical (unpaired) electrons. The summed E-state index contributed by atoms with van der Waals surface area (Å²) in [4.78, 5) is 29.3. The molecule has 16 heteroatoms. The molecule has 0 saturated heterocycles. The number of imidazole rings is 1. The Labute approximate surface area is 253 Å². The largest absolute Gasteiger partial charge is 0.586 e. The molecule has 5 rings (SSSR count). The zero-order valence-corrected chi connectivity index (χ0v) is 24.4. The lowest BCUT2D eigenvalue weighted by atomic mass is 10.0. The van der Waals surface area contributed by atoms with Crippen molar-refractivity contribution in [3.8, 4) is 11.5 Å². The van der Waals surface area contributed by atoms with E-state index in [0.717, 1.165) is 10.6 Å². The summed E-state index contributed by atoms with van der Waals surface area (Å²) in [6.07, 6.45) is -9.14. The van der Waals surface area contributed by atoms with E-state index in [1.165, 1.54) is 68.6 Å². The molecular formula is C29H25F5N4O6S. The van der Waals surface area contributed by atoms with Crippen molar-refractivity contribution in [2.75, 3.05) is 12.8 Å². The van der Waals surface area contributed by atoms with Gasteiger partial charge in [-0.3, -0.25) is 9.59 Å². The number of benzene rings is 3. The zero-order chi connectivity index (χ0) is 32.7. The maximum Gasteiger partial charge on any atom is 0.586 e. The number of fused-ring (bicyclic) bond motifs is 2. The fourth-order valence-corrected chi connectivity index (χ4v) is 5.71. The maximum absolute atomic E-state index is 14.1. The lowest BCUT2D eigenvalue weighted by molar-refractivity contribution is -0.287. The molecule has 1 aromatic heterocycles. The predicted molar refractivity (Wildman–Crippen MR) is 150 cm³/mol. The lowest BCUT2D eigenvalue weighted by Crippen LogP contribution is -2.32. The molecule has 0 bridgehead atoms. The van der Waals surface area contributed by atoms with Crippen LogP contribution in [0.1, 0.15) is 46.7 Å². The second kappa shape index (κ2) is 11.6. The smallest absolute Gasteiger partial charge is 0.395 e. The molecule has 0 spiro atoms. The van der Waals surface area contributed by atoms with E-state index in [0.29, 0.717) is 5.56 Å². The Morgan fingerprint density at radius 1 is 1.04 bits per heavy atom. The molecule has 238 valence electrons. The molecular weight excluding hydrogens is 627 g/mol. The van der Waals surface area contributed by atoms with Crippen LogP contribution < -0.4 is 20.1 Å². The van der Waals surface area contributed by atoms with Gasteiger partial charge >= 0.3 is 12.5 Å². The van der Waals surface area contributed by atoms with Crippen molar-refractivity contribution in [2.24, 2.45) is 0 Å². The second-order valence-electron chi connectivity index (χ2n) is 10.0. The van der Waals surface area contributed by atoms with Crippen molar-refractivity contribution in [2.45, 2.75) is 43.3 Å². The number of ether oxygens (including phenoxy) is 2. The van der Waals surface area contributed by atoms with Crippen molar-refractivity contribution in [1.29, 1.82) is 0 Å². The Morgan fingerprint density at radius 2 is 1.76 bits per heavy atom. The summed E-state index contributed by atoms with van der Waals surface area (Å²) in [6.45, 7) is 0.935. The monoisotopic (exact) mass is 652 g/mol. The zero-order valence-electron chi connectivity index (χ0n) is 23.6. The quantitative estimate of drug-likeness (QED) is 0.248. The molecule has 10 nitrogen and oxygen atoms in total. The fraction of sp³-hybridized carbons (Fsp3) is 0.276. The van der Waals surface area contributed by atoms with Gasteiger partial charge in [0.1, 0.15) is 0 Å². The molecule has 1 aliphatic rings. The minimum absolute atomic E-state index is 0.0221. The summed E-state index contributed by atoms with van der Waals surface area (Å²) in [5.74, 6) is -3.37. The van der Waals surface area contributed by atoms with Crippen molar-refractivity contribution >= 4 is 32.7 Å². The predicted octanol–water partition coefficient (Wildman–Crippen LogP) is 4.83. The highest BCUT2D eigenvalue weighted by Gasteiger charge is 2.45. The highest BCUT2D eigenvalue weighted by atomic mass is 32.2. The van der Waals surface area contributed by atoms with Crippen molar-refractivity contribution in [1.82, 2.24) is 20.2 Å². The Kier molecular flexibility index (Phi) is 8.20. The normalized spacial score (nSPS) is 14.7. The molecule has 2 N–H and O–H groups in total. The molecule has 0 fully saturated rings. The summed E-state index contributed by atoms with van der Waals surface area (Å²) in [5.41, 5.74) is 0.0636.